The van der Waals surface area contributed by atoms with Crippen molar-refractivity contribution in [1.29, 1.82) is 0 Å². The fourth-order valence-corrected chi connectivity index (χ4v) is 4.23. The van der Waals surface area contributed by atoms with E-state index >= 15 is 0 Å². The number of rotatable bonds is 10. The summed E-state index contributed by atoms with van der Waals surface area (Å²) >= 11 is 0. The first-order valence-corrected chi connectivity index (χ1v) is 10.6. The van der Waals surface area contributed by atoms with Gasteiger partial charge in [-0.1, -0.05) is 46.6 Å². The molecule has 0 heterocycles. The third-order valence-electron chi connectivity index (χ3n) is 4.24. The van der Waals surface area contributed by atoms with Gasteiger partial charge in [-0.25, -0.2) is 8.42 Å². The molecule has 0 aliphatic rings. The van der Waals surface area contributed by atoms with Crippen LogP contribution in [0.25, 0.3) is 0 Å². The van der Waals surface area contributed by atoms with Crippen molar-refractivity contribution in [3.63, 3.8) is 0 Å². The number of benzene rings is 1. The lowest BCUT2D eigenvalue weighted by Crippen LogP contribution is -2.33. The van der Waals surface area contributed by atoms with E-state index in [1.807, 2.05) is 6.92 Å². The van der Waals surface area contributed by atoms with Crippen LogP contribution in [-0.4, -0.2) is 37.8 Å². The minimum absolute atomic E-state index is 0.0642. The SMILES string of the molecule is CCN(CC)S(=O)(=O)c1cccc(C(=O)NC(C)CCCC(C)C)c1. The molecule has 0 saturated heterocycles. The van der Waals surface area contributed by atoms with Gasteiger partial charge in [0.15, 0.2) is 0 Å². The fraction of sp³-hybridized carbons (Fsp3) is 0.632. The lowest BCUT2D eigenvalue weighted by molar-refractivity contribution is 0.0937. The van der Waals surface area contributed by atoms with Gasteiger partial charge in [0.2, 0.25) is 10.0 Å². The zero-order chi connectivity index (χ0) is 19.0. The summed E-state index contributed by atoms with van der Waals surface area (Å²) in [6.45, 7) is 10.8. The highest BCUT2D eigenvalue weighted by atomic mass is 32.2. The van der Waals surface area contributed by atoms with Crippen LogP contribution in [0.3, 0.4) is 0 Å². The molecule has 0 bridgehead atoms. The van der Waals surface area contributed by atoms with Crippen molar-refractivity contribution in [2.45, 2.75) is 64.8 Å². The fourth-order valence-electron chi connectivity index (χ4n) is 2.72. The second-order valence-corrected chi connectivity index (χ2v) is 8.75. The molecule has 25 heavy (non-hydrogen) atoms. The Morgan fingerprint density at radius 2 is 1.76 bits per heavy atom. The van der Waals surface area contributed by atoms with E-state index in [4.69, 9.17) is 0 Å². The molecule has 0 aliphatic carbocycles. The van der Waals surface area contributed by atoms with Crippen molar-refractivity contribution in [2.75, 3.05) is 13.1 Å². The van der Waals surface area contributed by atoms with Crippen LogP contribution in [0.5, 0.6) is 0 Å². The molecule has 0 saturated carbocycles. The highest BCUT2D eigenvalue weighted by Crippen LogP contribution is 2.17. The summed E-state index contributed by atoms with van der Waals surface area (Å²) in [6, 6.07) is 6.33. The van der Waals surface area contributed by atoms with Crippen LogP contribution < -0.4 is 5.32 Å². The summed E-state index contributed by atoms with van der Waals surface area (Å²) in [5.74, 6) is 0.429. The minimum Gasteiger partial charge on any atom is -0.350 e. The average molecular weight is 369 g/mol. The number of carbonyl (C=O) groups is 1. The Hall–Kier alpha value is -1.40. The molecule has 0 fully saturated rings. The van der Waals surface area contributed by atoms with E-state index in [0.29, 0.717) is 24.6 Å². The number of nitrogens with zero attached hydrogens (tertiary/aromatic N) is 1. The normalized spacial score (nSPS) is 13.2. The number of hydrogen-bond acceptors (Lipinski definition) is 3. The van der Waals surface area contributed by atoms with Gasteiger partial charge in [0.25, 0.3) is 5.91 Å². The maximum absolute atomic E-state index is 12.6. The lowest BCUT2D eigenvalue weighted by Gasteiger charge is -2.19. The number of sulfonamides is 1. The molecule has 0 aromatic heterocycles. The predicted octanol–water partition coefficient (Wildman–Crippen LogP) is 3.66. The van der Waals surface area contributed by atoms with Crippen LogP contribution in [0, 0.1) is 5.92 Å². The van der Waals surface area contributed by atoms with Gasteiger partial charge in [0, 0.05) is 24.7 Å². The third-order valence-corrected chi connectivity index (χ3v) is 6.28. The summed E-state index contributed by atoms with van der Waals surface area (Å²) < 4.78 is 26.6. The highest BCUT2D eigenvalue weighted by Gasteiger charge is 2.22. The van der Waals surface area contributed by atoms with Crippen molar-refractivity contribution < 1.29 is 13.2 Å². The molecule has 1 N–H and O–H groups in total. The molecule has 0 radical (unpaired) electrons. The van der Waals surface area contributed by atoms with Crippen LogP contribution in [0.1, 0.15) is 64.2 Å². The van der Waals surface area contributed by atoms with E-state index in [0.717, 1.165) is 19.3 Å². The van der Waals surface area contributed by atoms with Gasteiger partial charge < -0.3 is 5.32 Å². The molecule has 1 rings (SSSR count). The van der Waals surface area contributed by atoms with Crippen LogP contribution in [-0.2, 0) is 10.0 Å². The van der Waals surface area contributed by atoms with Crippen LogP contribution in [0.2, 0.25) is 0 Å². The van der Waals surface area contributed by atoms with Crippen molar-refractivity contribution in [3.05, 3.63) is 29.8 Å². The quantitative estimate of drug-likeness (QED) is 0.685. The zero-order valence-corrected chi connectivity index (χ0v) is 16.9. The van der Waals surface area contributed by atoms with Gasteiger partial charge in [-0.05, 0) is 37.5 Å². The minimum atomic E-state index is -3.56. The highest BCUT2D eigenvalue weighted by molar-refractivity contribution is 7.89. The van der Waals surface area contributed by atoms with Crippen molar-refractivity contribution in [2.24, 2.45) is 5.92 Å². The van der Waals surface area contributed by atoms with Gasteiger partial charge in [-0.3, -0.25) is 4.79 Å². The monoisotopic (exact) mass is 368 g/mol. The Morgan fingerprint density at radius 1 is 1.12 bits per heavy atom. The number of nitrogens with one attached hydrogen (secondary N) is 1. The predicted molar refractivity (Wildman–Crippen MR) is 102 cm³/mol. The second-order valence-electron chi connectivity index (χ2n) is 6.82. The molecule has 1 unspecified atom stereocenters. The third kappa shape index (κ3) is 6.44. The van der Waals surface area contributed by atoms with Gasteiger partial charge >= 0.3 is 0 Å². The van der Waals surface area contributed by atoms with Crippen LogP contribution in [0.4, 0.5) is 0 Å². The number of carbonyl (C=O) groups excluding carboxylic acids is 1. The maximum Gasteiger partial charge on any atom is 0.251 e. The Balaban J connectivity index is 2.82. The van der Waals surface area contributed by atoms with Gasteiger partial charge in [0.1, 0.15) is 0 Å². The van der Waals surface area contributed by atoms with E-state index in [2.05, 4.69) is 19.2 Å². The number of hydrogen-bond donors (Lipinski definition) is 1. The Morgan fingerprint density at radius 3 is 2.32 bits per heavy atom. The second kappa shape index (κ2) is 9.92. The Kier molecular flexibility index (Phi) is 8.59. The summed E-state index contributed by atoms with van der Waals surface area (Å²) in [7, 11) is -3.56. The molecule has 6 heteroatoms. The average Bonchev–Trinajstić information content (AvgIpc) is 2.55. The molecule has 1 aromatic rings. The summed E-state index contributed by atoms with van der Waals surface area (Å²) in [4.78, 5) is 12.6. The van der Waals surface area contributed by atoms with E-state index in [1.165, 1.54) is 16.4 Å². The lowest BCUT2D eigenvalue weighted by atomic mass is 10.0. The smallest absolute Gasteiger partial charge is 0.251 e. The van der Waals surface area contributed by atoms with E-state index < -0.39 is 10.0 Å². The number of amides is 1. The Bertz CT molecular complexity index is 652. The maximum atomic E-state index is 12.6. The molecule has 1 atom stereocenters. The largest absolute Gasteiger partial charge is 0.350 e. The molecule has 0 spiro atoms. The molecule has 1 aromatic carbocycles. The molecule has 0 aliphatic heterocycles. The van der Waals surface area contributed by atoms with Crippen LogP contribution >= 0.6 is 0 Å². The van der Waals surface area contributed by atoms with Crippen LogP contribution in [0.15, 0.2) is 29.2 Å². The zero-order valence-electron chi connectivity index (χ0n) is 16.1. The molecule has 5 nitrogen and oxygen atoms in total. The van der Waals surface area contributed by atoms with Crippen molar-refractivity contribution in [3.8, 4) is 0 Å². The standard InChI is InChI=1S/C19H32N2O3S/c1-6-21(7-2)25(23,24)18-13-9-12-17(14-18)19(22)20-16(5)11-8-10-15(3)4/h9,12-16H,6-8,10-11H2,1-5H3,(H,20,22). The first kappa shape index (κ1) is 21.6. The van der Waals surface area contributed by atoms with Gasteiger partial charge in [-0.2, -0.15) is 4.31 Å². The molecular weight excluding hydrogens is 336 g/mol. The van der Waals surface area contributed by atoms with E-state index in [1.54, 1.807) is 26.0 Å². The first-order chi connectivity index (χ1) is 11.7. The summed E-state index contributed by atoms with van der Waals surface area (Å²) in [6.07, 6.45) is 3.12. The summed E-state index contributed by atoms with van der Waals surface area (Å²) in [5.41, 5.74) is 0.379. The van der Waals surface area contributed by atoms with Crippen molar-refractivity contribution in [1.82, 2.24) is 9.62 Å². The van der Waals surface area contributed by atoms with Gasteiger partial charge in [-0.15, -0.1) is 0 Å². The molecule has 142 valence electrons. The molecule has 1 amide bonds. The summed E-state index contributed by atoms with van der Waals surface area (Å²) in [5, 5.41) is 2.96. The van der Waals surface area contributed by atoms with E-state index in [9.17, 15) is 13.2 Å². The Labute approximate surface area is 152 Å². The van der Waals surface area contributed by atoms with E-state index in [-0.39, 0.29) is 16.8 Å². The van der Waals surface area contributed by atoms with Gasteiger partial charge in [0.05, 0.1) is 4.90 Å². The van der Waals surface area contributed by atoms with Crippen molar-refractivity contribution >= 4 is 15.9 Å². The molecular formula is C19H32N2O3S. The topological polar surface area (TPSA) is 66.5 Å². The first-order valence-electron chi connectivity index (χ1n) is 9.13.